The summed E-state index contributed by atoms with van der Waals surface area (Å²) in [6, 6.07) is 4.87. The number of rotatable bonds is 5. The van der Waals surface area contributed by atoms with E-state index in [0.29, 0.717) is 33.3 Å². The number of nitrogens with zero attached hydrogens (tertiary/aromatic N) is 2. The van der Waals surface area contributed by atoms with Gasteiger partial charge in [-0.1, -0.05) is 41.9 Å². The predicted molar refractivity (Wildman–Crippen MR) is 79.5 cm³/mol. The van der Waals surface area contributed by atoms with E-state index in [9.17, 15) is 4.79 Å². The molecule has 1 heterocycles. The first-order chi connectivity index (χ1) is 9.58. The molecule has 0 bridgehead atoms. The normalized spacial score (nSPS) is 10.6. The van der Waals surface area contributed by atoms with E-state index in [4.69, 9.17) is 27.6 Å². The number of thioether (sulfide) groups is 1. The molecule has 106 valence electrons. The summed E-state index contributed by atoms with van der Waals surface area (Å²) in [6.45, 7) is 1.91. The first-order valence-corrected chi connectivity index (χ1v) is 7.52. The summed E-state index contributed by atoms with van der Waals surface area (Å²) in [5.41, 5.74) is 0.515. The van der Waals surface area contributed by atoms with Gasteiger partial charge in [-0.25, -0.2) is 0 Å². The number of aryl methyl sites for hydroxylation is 1. The van der Waals surface area contributed by atoms with E-state index in [1.807, 2.05) is 6.92 Å². The maximum atomic E-state index is 11.8. The number of hydrogen-bond donors (Lipinski definition) is 1. The van der Waals surface area contributed by atoms with Gasteiger partial charge in [0.2, 0.25) is 11.8 Å². The van der Waals surface area contributed by atoms with Crippen molar-refractivity contribution in [1.82, 2.24) is 10.2 Å². The third kappa shape index (κ3) is 4.13. The van der Waals surface area contributed by atoms with Crippen LogP contribution < -0.4 is 5.32 Å². The van der Waals surface area contributed by atoms with E-state index in [0.717, 1.165) is 0 Å². The van der Waals surface area contributed by atoms with E-state index >= 15 is 0 Å². The van der Waals surface area contributed by atoms with Crippen LogP contribution in [-0.2, 0) is 11.2 Å². The minimum Gasteiger partial charge on any atom is -0.416 e. The van der Waals surface area contributed by atoms with Gasteiger partial charge in [-0.05, 0) is 18.2 Å². The van der Waals surface area contributed by atoms with Gasteiger partial charge >= 0.3 is 0 Å². The second-order valence-electron chi connectivity index (χ2n) is 3.78. The van der Waals surface area contributed by atoms with Crippen LogP contribution in [0.5, 0.6) is 0 Å². The highest BCUT2D eigenvalue weighted by Gasteiger charge is 2.10. The quantitative estimate of drug-likeness (QED) is 0.846. The molecule has 1 aromatic heterocycles. The monoisotopic (exact) mass is 331 g/mol. The number of benzene rings is 1. The van der Waals surface area contributed by atoms with Crippen molar-refractivity contribution in [2.45, 2.75) is 18.6 Å². The highest BCUT2D eigenvalue weighted by Crippen LogP contribution is 2.25. The van der Waals surface area contributed by atoms with E-state index in [1.54, 1.807) is 18.2 Å². The molecule has 1 amide bonds. The molecule has 0 spiro atoms. The molecule has 0 unspecified atom stereocenters. The summed E-state index contributed by atoms with van der Waals surface area (Å²) in [7, 11) is 0. The summed E-state index contributed by atoms with van der Waals surface area (Å²) in [6.07, 6.45) is 0.667. The van der Waals surface area contributed by atoms with Crippen LogP contribution in [0.25, 0.3) is 0 Å². The molecular formula is C12H11Cl2N3O2S. The lowest BCUT2D eigenvalue weighted by atomic mass is 10.3. The fraction of sp³-hybridized carbons (Fsp3) is 0.250. The van der Waals surface area contributed by atoms with Crippen molar-refractivity contribution in [3.63, 3.8) is 0 Å². The van der Waals surface area contributed by atoms with Gasteiger partial charge in [-0.3, -0.25) is 4.79 Å². The van der Waals surface area contributed by atoms with Crippen LogP contribution in [0.15, 0.2) is 27.8 Å². The van der Waals surface area contributed by atoms with E-state index in [1.165, 1.54) is 11.8 Å². The maximum absolute atomic E-state index is 11.8. The molecule has 8 heteroatoms. The predicted octanol–water partition coefficient (Wildman–Crippen LogP) is 3.67. The molecule has 0 atom stereocenters. The van der Waals surface area contributed by atoms with Crippen molar-refractivity contribution in [3.05, 3.63) is 34.1 Å². The molecule has 0 fully saturated rings. The third-order valence-electron chi connectivity index (χ3n) is 2.28. The molecule has 1 aromatic carbocycles. The average Bonchev–Trinajstić information content (AvgIpc) is 2.88. The van der Waals surface area contributed by atoms with Crippen molar-refractivity contribution in [3.8, 4) is 0 Å². The summed E-state index contributed by atoms with van der Waals surface area (Å²) < 4.78 is 5.29. The zero-order valence-electron chi connectivity index (χ0n) is 10.5. The lowest BCUT2D eigenvalue weighted by molar-refractivity contribution is -0.113. The second-order valence-corrected chi connectivity index (χ2v) is 5.55. The van der Waals surface area contributed by atoms with Gasteiger partial charge in [0.05, 0.1) is 16.5 Å². The zero-order chi connectivity index (χ0) is 14.5. The second kappa shape index (κ2) is 6.97. The van der Waals surface area contributed by atoms with Crippen LogP contribution in [0.2, 0.25) is 10.0 Å². The Hall–Kier alpha value is -1.24. The van der Waals surface area contributed by atoms with Gasteiger partial charge in [-0.15, -0.1) is 10.2 Å². The Labute approximate surface area is 130 Å². The molecule has 2 aromatic rings. The Bertz CT molecular complexity index is 618. The molecular weight excluding hydrogens is 321 g/mol. The van der Waals surface area contributed by atoms with Crippen molar-refractivity contribution >= 4 is 46.6 Å². The van der Waals surface area contributed by atoms with Crippen LogP contribution in [0, 0.1) is 0 Å². The Balaban J connectivity index is 1.89. The Morgan fingerprint density at radius 3 is 2.85 bits per heavy atom. The molecule has 2 rings (SSSR count). The molecule has 0 aliphatic rings. The summed E-state index contributed by atoms with van der Waals surface area (Å²) in [5, 5.41) is 11.6. The van der Waals surface area contributed by atoms with Gasteiger partial charge in [0.15, 0.2) is 0 Å². The zero-order valence-corrected chi connectivity index (χ0v) is 12.8. The van der Waals surface area contributed by atoms with Crippen molar-refractivity contribution < 1.29 is 9.21 Å². The number of anilines is 1. The van der Waals surface area contributed by atoms with E-state index < -0.39 is 0 Å². The topological polar surface area (TPSA) is 68.0 Å². The van der Waals surface area contributed by atoms with Crippen molar-refractivity contribution in [2.24, 2.45) is 0 Å². The minimum atomic E-state index is -0.213. The number of carbonyl (C=O) groups is 1. The lowest BCUT2D eigenvalue weighted by Gasteiger charge is -2.06. The Morgan fingerprint density at radius 2 is 2.20 bits per heavy atom. The molecule has 1 N–H and O–H groups in total. The van der Waals surface area contributed by atoms with Crippen LogP contribution >= 0.6 is 35.0 Å². The van der Waals surface area contributed by atoms with Crippen molar-refractivity contribution in [2.75, 3.05) is 11.1 Å². The van der Waals surface area contributed by atoms with Gasteiger partial charge in [0.25, 0.3) is 5.22 Å². The summed E-state index contributed by atoms with van der Waals surface area (Å²) >= 11 is 12.9. The Kier molecular flexibility index (Phi) is 5.28. The fourth-order valence-corrected chi connectivity index (χ4v) is 2.38. The summed E-state index contributed by atoms with van der Waals surface area (Å²) in [4.78, 5) is 11.8. The number of hydrogen-bond acceptors (Lipinski definition) is 5. The van der Waals surface area contributed by atoms with Crippen LogP contribution in [0.1, 0.15) is 12.8 Å². The van der Waals surface area contributed by atoms with E-state index in [-0.39, 0.29) is 11.7 Å². The fourth-order valence-electron chi connectivity index (χ4n) is 1.34. The van der Waals surface area contributed by atoms with E-state index in [2.05, 4.69) is 15.5 Å². The highest BCUT2D eigenvalue weighted by atomic mass is 35.5. The molecule has 0 saturated heterocycles. The molecule has 0 aliphatic carbocycles. The van der Waals surface area contributed by atoms with Gasteiger partial charge in [0, 0.05) is 11.4 Å². The van der Waals surface area contributed by atoms with Crippen LogP contribution in [-0.4, -0.2) is 21.9 Å². The average molecular weight is 332 g/mol. The number of aromatic nitrogens is 2. The molecule has 0 saturated carbocycles. The summed E-state index contributed by atoms with van der Waals surface area (Å²) in [5.74, 6) is 0.494. The largest absolute Gasteiger partial charge is 0.416 e. The molecule has 0 radical (unpaired) electrons. The molecule has 5 nitrogen and oxygen atoms in total. The van der Waals surface area contributed by atoms with Gasteiger partial charge in [0.1, 0.15) is 0 Å². The number of nitrogens with one attached hydrogen (secondary N) is 1. The molecule has 20 heavy (non-hydrogen) atoms. The van der Waals surface area contributed by atoms with Crippen molar-refractivity contribution in [1.29, 1.82) is 0 Å². The highest BCUT2D eigenvalue weighted by molar-refractivity contribution is 7.99. The number of amides is 1. The smallest absolute Gasteiger partial charge is 0.277 e. The van der Waals surface area contributed by atoms with Gasteiger partial charge < -0.3 is 9.73 Å². The number of carbonyl (C=O) groups excluding carboxylic acids is 1. The third-order valence-corrected chi connectivity index (χ3v) is 3.65. The standard InChI is InChI=1S/C12H11Cl2N3O2S/c1-2-11-16-17-12(19-11)20-6-10(18)15-9-4-3-7(13)5-8(9)14/h3-5H,2,6H2,1H3,(H,15,18). The lowest BCUT2D eigenvalue weighted by Crippen LogP contribution is -2.14. The number of halogens is 2. The maximum Gasteiger partial charge on any atom is 0.277 e. The first-order valence-electron chi connectivity index (χ1n) is 5.78. The SMILES string of the molecule is CCc1nnc(SCC(=O)Nc2ccc(Cl)cc2Cl)o1. The van der Waals surface area contributed by atoms with Gasteiger partial charge in [-0.2, -0.15) is 0 Å². The van der Waals surface area contributed by atoms with Crippen LogP contribution in [0.4, 0.5) is 5.69 Å². The molecule has 0 aliphatic heterocycles. The first kappa shape index (κ1) is 15.2. The Morgan fingerprint density at radius 1 is 1.40 bits per heavy atom. The minimum absolute atomic E-state index is 0.157. The van der Waals surface area contributed by atoms with Crippen LogP contribution in [0.3, 0.4) is 0 Å².